The second kappa shape index (κ2) is 5.52. The summed E-state index contributed by atoms with van der Waals surface area (Å²) >= 11 is 0. The van der Waals surface area contributed by atoms with Gasteiger partial charge in [-0.3, -0.25) is 0 Å². The highest BCUT2D eigenvalue weighted by molar-refractivity contribution is 4.68. The predicted octanol–water partition coefficient (Wildman–Crippen LogP) is -0.0263. The molecule has 0 aromatic rings. The number of aliphatic hydroxyl groups excluding tert-OH is 2. The van der Waals surface area contributed by atoms with Crippen LogP contribution in [0.1, 0.15) is 20.8 Å². The van der Waals surface area contributed by atoms with Gasteiger partial charge >= 0.3 is 0 Å². The van der Waals surface area contributed by atoms with E-state index in [2.05, 4.69) is 5.32 Å². The summed E-state index contributed by atoms with van der Waals surface area (Å²) in [6.07, 6.45) is -0.316. The second-order valence-corrected chi connectivity index (χ2v) is 3.21. The zero-order valence-electron chi connectivity index (χ0n) is 7.54. The number of nitrogens with one attached hydrogen (secondary N) is 1. The van der Waals surface area contributed by atoms with Crippen LogP contribution in [-0.4, -0.2) is 35.5 Å². The van der Waals surface area contributed by atoms with E-state index in [1.54, 1.807) is 6.92 Å². The van der Waals surface area contributed by atoms with Gasteiger partial charge in [-0.05, 0) is 19.8 Å². The molecule has 11 heavy (non-hydrogen) atoms. The molecule has 3 N–H and O–H groups in total. The Morgan fingerprint density at radius 2 is 1.82 bits per heavy atom. The van der Waals surface area contributed by atoms with Gasteiger partial charge in [0.2, 0.25) is 0 Å². The molecule has 0 aliphatic heterocycles. The van der Waals surface area contributed by atoms with Crippen LogP contribution in [0, 0.1) is 5.92 Å². The molecule has 3 unspecified atom stereocenters. The van der Waals surface area contributed by atoms with Crippen molar-refractivity contribution in [2.75, 3.05) is 13.2 Å². The van der Waals surface area contributed by atoms with Gasteiger partial charge in [0, 0.05) is 19.2 Å². The zero-order valence-corrected chi connectivity index (χ0v) is 7.54. The average molecular weight is 161 g/mol. The Labute approximate surface area is 68.4 Å². The van der Waals surface area contributed by atoms with Gasteiger partial charge < -0.3 is 15.5 Å². The standard InChI is InChI=1S/C8H19NO2/c1-6(5-10)8(3)9-4-7(2)11/h6-11H,4-5H2,1-3H3. The van der Waals surface area contributed by atoms with E-state index in [1.165, 1.54) is 0 Å². The largest absolute Gasteiger partial charge is 0.396 e. The molecule has 3 atom stereocenters. The second-order valence-electron chi connectivity index (χ2n) is 3.21. The van der Waals surface area contributed by atoms with Gasteiger partial charge in [-0.25, -0.2) is 0 Å². The van der Waals surface area contributed by atoms with Gasteiger partial charge in [-0.2, -0.15) is 0 Å². The zero-order chi connectivity index (χ0) is 8.85. The molecular weight excluding hydrogens is 142 g/mol. The van der Waals surface area contributed by atoms with E-state index in [4.69, 9.17) is 10.2 Å². The van der Waals surface area contributed by atoms with Crippen LogP contribution < -0.4 is 5.32 Å². The van der Waals surface area contributed by atoms with Crippen LogP contribution in [0.3, 0.4) is 0 Å². The highest BCUT2D eigenvalue weighted by Gasteiger charge is 2.10. The quantitative estimate of drug-likeness (QED) is 0.531. The molecule has 3 nitrogen and oxygen atoms in total. The Balaban J connectivity index is 3.43. The summed E-state index contributed by atoms with van der Waals surface area (Å²) < 4.78 is 0. The SMILES string of the molecule is CC(O)CNC(C)C(C)CO. The molecule has 0 saturated heterocycles. The highest BCUT2D eigenvalue weighted by Crippen LogP contribution is 1.99. The molecule has 68 valence electrons. The number of hydrogen-bond donors (Lipinski definition) is 3. The normalized spacial score (nSPS) is 19.4. The molecule has 0 rings (SSSR count). The van der Waals surface area contributed by atoms with Crippen molar-refractivity contribution in [3.05, 3.63) is 0 Å². The van der Waals surface area contributed by atoms with Gasteiger partial charge in [-0.1, -0.05) is 6.92 Å². The summed E-state index contributed by atoms with van der Waals surface area (Å²) in [6, 6.07) is 0.259. The summed E-state index contributed by atoms with van der Waals surface area (Å²) in [5.41, 5.74) is 0. The van der Waals surface area contributed by atoms with E-state index < -0.39 is 0 Å². The minimum Gasteiger partial charge on any atom is -0.396 e. The van der Waals surface area contributed by atoms with Crippen molar-refractivity contribution in [3.8, 4) is 0 Å². The van der Waals surface area contributed by atoms with Crippen molar-refractivity contribution >= 4 is 0 Å². The Bertz CT molecular complexity index is 96.1. The van der Waals surface area contributed by atoms with Gasteiger partial charge in [0.25, 0.3) is 0 Å². The molecule has 0 fully saturated rings. The van der Waals surface area contributed by atoms with Crippen molar-refractivity contribution in [1.82, 2.24) is 5.32 Å². The number of rotatable bonds is 5. The smallest absolute Gasteiger partial charge is 0.0636 e. The fourth-order valence-corrected chi connectivity index (χ4v) is 0.716. The van der Waals surface area contributed by atoms with E-state index in [-0.39, 0.29) is 24.7 Å². The molecule has 0 aliphatic carbocycles. The third kappa shape index (κ3) is 5.18. The third-order valence-corrected chi connectivity index (χ3v) is 1.88. The first-order chi connectivity index (χ1) is 5.07. The lowest BCUT2D eigenvalue weighted by Crippen LogP contribution is -2.37. The van der Waals surface area contributed by atoms with Crippen LogP contribution in [0.2, 0.25) is 0 Å². The predicted molar refractivity (Wildman–Crippen MR) is 45.4 cm³/mol. The molecule has 0 aliphatic rings. The maximum Gasteiger partial charge on any atom is 0.0636 e. The van der Waals surface area contributed by atoms with Crippen molar-refractivity contribution in [2.24, 2.45) is 5.92 Å². The summed E-state index contributed by atoms with van der Waals surface area (Å²) in [6.45, 7) is 6.49. The molecule has 3 heteroatoms. The molecule has 0 spiro atoms. The average Bonchev–Trinajstić information content (AvgIpc) is 1.98. The Kier molecular flexibility index (Phi) is 5.46. The van der Waals surface area contributed by atoms with E-state index in [0.29, 0.717) is 6.54 Å². The topological polar surface area (TPSA) is 52.5 Å². The lowest BCUT2D eigenvalue weighted by Gasteiger charge is -2.19. The van der Waals surface area contributed by atoms with E-state index in [1.807, 2.05) is 13.8 Å². The van der Waals surface area contributed by atoms with Crippen LogP contribution >= 0.6 is 0 Å². The van der Waals surface area contributed by atoms with E-state index >= 15 is 0 Å². The van der Waals surface area contributed by atoms with Crippen molar-refractivity contribution in [2.45, 2.75) is 32.9 Å². The number of aliphatic hydroxyl groups is 2. The van der Waals surface area contributed by atoms with E-state index in [0.717, 1.165) is 0 Å². The molecule has 0 heterocycles. The Morgan fingerprint density at radius 3 is 2.18 bits per heavy atom. The monoisotopic (exact) mass is 161 g/mol. The van der Waals surface area contributed by atoms with Crippen molar-refractivity contribution < 1.29 is 10.2 Å². The fraction of sp³-hybridized carbons (Fsp3) is 1.00. The van der Waals surface area contributed by atoms with Crippen LogP contribution in [0.5, 0.6) is 0 Å². The van der Waals surface area contributed by atoms with Crippen molar-refractivity contribution in [3.63, 3.8) is 0 Å². The van der Waals surface area contributed by atoms with Crippen LogP contribution in [-0.2, 0) is 0 Å². The summed E-state index contributed by atoms with van der Waals surface area (Å²) in [7, 11) is 0. The fourth-order valence-electron chi connectivity index (χ4n) is 0.716. The minimum atomic E-state index is -0.316. The lowest BCUT2D eigenvalue weighted by molar-refractivity contribution is 0.167. The van der Waals surface area contributed by atoms with Crippen LogP contribution in [0.25, 0.3) is 0 Å². The third-order valence-electron chi connectivity index (χ3n) is 1.88. The van der Waals surface area contributed by atoms with E-state index in [9.17, 15) is 0 Å². The first-order valence-corrected chi connectivity index (χ1v) is 4.10. The molecule has 0 saturated carbocycles. The van der Waals surface area contributed by atoms with Gasteiger partial charge in [0.1, 0.15) is 0 Å². The maximum absolute atomic E-state index is 8.93. The molecule has 0 amide bonds. The maximum atomic E-state index is 8.93. The van der Waals surface area contributed by atoms with Crippen LogP contribution in [0.4, 0.5) is 0 Å². The molecular formula is C8H19NO2. The van der Waals surface area contributed by atoms with Crippen LogP contribution in [0.15, 0.2) is 0 Å². The highest BCUT2D eigenvalue weighted by atomic mass is 16.3. The first kappa shape index (κ1) is 10.9. The minimum absolute atomic E-state index is 0.188. The molecule has 0 aromatic carbocycles. The van der Waals surface area contributed by atoms with Gasteiger partial charge in [-0.15, -0.1) is 0 Å². The van der Waals surface area contributed by atoms with Gasteiger partial charge in [0.05, 0.1) is 6.10 Å². The van der Waals surface area contributed by atoms with Gasteiger partial charge in [0.15, 0.2) is 0 Å². The summed E-state index contributed by atoms with van der Waals surface area (Å²) in [5, 5.41) is 20.8. The number of hydrogen-bond acceptors (Lipinski definition) is 3. The lowest BCUT2D eigenvalue weighted by atomic mass is 10.1. The molecule has 0 bridgehead atoms. The van der Waals surface area contributed by atoms with Crippen molar-refractivity contribution in [1.29, 1.82) is 0 Å². The molecule has 0 aromatic heterocycles. The Hall–Kier alpha value is -0.120. The Morgan fingerprint density at radius 1 is 1.27 bits per heavy atom. The first-order valence-electron chi connectivity index (χ1n) is 4.10. The molecule has 0 radical (unpaired) electrons. The summed E-state index contributed by atoms with van der Waals surface area (Å²) in [5.74, 6) is 0.244. The summed E-state index contributed by atoms with van der Waals surface area (Å²) in [4.78, 5) is 0.